The Morgan fingerprint density at radius 2 is 2.13 bits per heavy atom. The van der Waals surface area contributed by atoms with Crippen LogP contribution in [0, 0.1) is 5.41 Å². The Labute approximate surface area is 132 Å². The van der Waals surface area contributed by atoms with Crippen LogP contribution in [0.3, 0.4) is 0 Å². The summed E-state index contributed by atoms with van der Waals surface area (Å²) in [7, 11) is 0. The molecule has 1 aliphatic carbocycles. The fourth-order valence-corrected chi connectivity index (χ4v) is 2.87. The highest BCUT2D eigenvalue weighted by Gasteiger charge is 2.39. The van der Waals surface area contributed by atoms with Gasteiger partial charge in [0.15, 0.2) is 6.61 Å². The molecular weight excluding hydrogens is 311 g/mol. The van der Waals surface area contributed by atoms with Gasteiger partial charge in [0, 0.05) is 11.5 Å². The molecule has 1 amide bonds. The van der Waals surface area contributed by atoms with E-state index in [0.29, 0.717) is 0 Å². The molecule has 1 fully saturated rings. The predicted octanol–water partition coefficient (Wildman–Crippen LogP) is 2.75. The number of aliphatic hydroxyl groups is 1. The van der Waals surface area contributed by atoms with E-state index >= 15 is 0 Å². The van der Waals surface area contributed by atoms with Crippen molar-refractivity contribution in [3.8, 4) is 5.75 Å². The van der Waals surface area contributed by atoms with E-state index in [1.165, 1.54) is 18.2 Å². The van der Waals surface area contributed by atoms with Gasteiger partial charge in [-0.1, -0.05) is 25.5 Å². The Kier molecular flexibility index (Phi) is 5.19. The van der Waals surface area contributed by atoms with E-state index < -0.39 is 24.3 Å². The quantitative estimate of drug-likeness (QED) is 0.872. The number of alkyl halides is 3. The molecule has 0 heterocycles. The summed E-state index contributed by atoms with van der Waals surface area (Å²) in [5.41, 5.74) is -1.30. The molecule has 1 saturated carbocycles. The number of nitrogens with one attached hydrogen (secondary N) is 1. The Morgan fingerprint density at radius 1 is 1.43 bits per heavy atom. The number of ether oxygens (including phenoxy) is 1. The zero-order chi connectivity index (χ0) is 17.1. The molecule has 1 aromatic rings. The van der Waals surface area contributed by atoms with Crippen LogP contribution in [0.15, 0.2) is 24.3 Å². The lowest BCUT2D eigenvalue weighted by molar-refractivity contribution is -0.139. The van der Waals surface area contributed by atoms with Gasteiger partial charge in [0.05, 0.1) is 12.2 Å². The Balaban J connectivity index is 1.96. The fraction of sp³-hybridized carbons (Fsp3) is 0.562. The third kappa shape index (κ3) is 4.16. The van der Waals surface area contributed by atoms with Crippen molar-refractivity contribution in [2.45, 2.75) is 38.4 Å². The summed E-state index contributed by atoms with van der Waals surface area (Å²) in [5, 5.41) is 12.2. The maximum Gasteiger partial charge on any atom is 0.419 e. The lowest BCUT2D eigenvalue weighted by atomic mass is 9.86. The maximum absolute atomic E-state index is 12.8. The first-order chi connectivity index (χ1) is 10.8. The van der Waals surface area contributed by atoms with E-state index in [2.05, 4.69) is 5.32 Å². The average Bonchev–Trinajstić information content (AvgIpc) is 2.86. The van der Waals surface area contributed by atoms with Gasteiger partial charge in [0.1, 0.15) is 5.75 Å². The largest absolute Gasteiger partial charge is 0.483 e. The van der Waals surface area contributed by atoms with E-state index in [4.69, 9.17) is 4.74 Å². The van der Waals surface area contributed by atoms with Crippen LogP contribution >= 0.6 is 0 Å². The van der Waals surface area contributed by atoms with Gasteiger partial charge >= 0.3 is 6.18 Å². The number of halogens is 3. The molecule has 128 valence electrons. The average molecular weight is 331 g/mol. The topological polar surface area (TPSA) is 58.6 Å². The molecule has 0 aromatic heterocycles. The first-order valence-corrected chi connectivity index (χ1v) is 7.45. The van der Waals surface area contributed by atoms with Gasteiger partial charge in [-0.25, -0.2) is 0 Å². The molecule has 2 N–H and O–H groups in total. The van der Waals surface area contributed by atoms with Crippen LogP contribution in [0.25, 0.3) is 0 Å². The van der Waals surface area contributed by atoms with Crippen LogP contribution < -0.4 is 10.1 Å². The summed E-state index contributed by atoms with van der Waals surface area (Å²) in [6.45, 7) is 1.34. The van der Waals surface area contributed by atoms with Crippen LogP contribution in [0.1, 0.15) is 31.7 Å². The van der Waals surface area contributed by atoms with Gasteiger partial charge in [0.25, 0.3) is 5.91 Å². The molecule has 4 nitrogen and oxygen atoms in total. The number of rotatable bonds is 5. The minimum Gasteiger partial charge on any atom is -0.483 e. The first kappa shape index (κ1) is 17.6. The van der Waals surface area contributed by atoms with Crippen LogP contribution in [-0.2, 0) is 11.0 Å². The first-order valence-electron chi connectivity index (χ1n) is 7.45. The summed E-state index contributed by atoms with van der Waals surface area (Å²) < 4.78 is 43.6. The molecule has 0 aliphatic heterocycles. The molecule has 1 aliphatic rings. The third-order valence-corrected chi connectivity index (χ3v) is 4.33. The number of hydrogen-bond donors (Lipinski definition) is 2. The minimum atomic E-state index is -4.53. The predicted molar refractivity (Wildman–Crippen MR) is 77.9 cm³/mol. The van der Waals surface area contributed by atoms with Crippen molar-refractivity contribution in [2.24, 2.45) is 5.41 Å². The van der Waals surface area contributed by atoms with Crippen LogP contribution in [0.2, 0.25) is 0 Å². The van der Waals surface area contributed by atoms with Gasteiger partial charge < -0.3 is 15.2 Å². The summed E-state index contributed by atoms with van der Waals surface area (Å²) in [6.07, 6.45) is -2.11. The highest BCUT2D eigenvalue weighted by Crippen LogP contribution is 2.38. The van der Waals surface area contributed by atoms with Crippen molar-refractivity contribution >= 4 is 5.91 Å². The smallest absolute Gasteiger partial charge is 0.419 e. The highest BCUT2D eigenvalue weighted by molar-refractivity contribution is 5.78. The molecule has 2 atom stereocenters. The van der Waals surface area contributed by atoms with Gasteiger partial charge in [-0.15, -0.1) is 0 Å². The highest BCUT2D eigenvalue weighted by atomic mass is 19.4. The molecule has 2 unspecified atom stereocenters. The van der Waals surface area contributed by atoms with Crippen molar-refractivity contribution in [1.29, 1.82) is 0 Å². The number of para-hydroxylation sites is 1. The second kappa shape index (κ2) is 6.78. The maximum atomic E-state index is 12.8. The lowest BCUT2D eigenvalue weighted by Gasteiger charge is -2.30. The minimum absolute atomic E-state index is 0.0459. The molecule has 7 heteroatoms. The molecule has 1 aromatic carbocycles. The van der Waals surface area contributed by atoms with Crippen molar-refractivity contribution in [3.63, 3.8) is 0 Å². The summed E-state index contributed by atoms with van der Waals surface area (Å²) in [5.74, 6) is -0.861. The molecule has 0 bridgehead atoms. The summed E-state index contributed by atoms with van der Waals surface area (Å²) in [6, 6.07) is 4.58. The number of aliphatic hydroxyl groups excluding tert-OH is 1. The number of amides is 1. The fourth-order valence-electron chi connectivity index (χ4n) is 2.87. The molecule has 23 heavy (non-hydrogen) atoms. The number of benzene rings is 1. The number of hydrogen-bond acceptors (Lipinski definition) is 3. The van der Waals surface area contributed by atoms with E-state index in [1.54, 1.807) is 0 Å². The number of carbonyl (C=O) groups is 1. The summed E-state index contributed by atoms with van der Waals surface area (Å²) in [4.78, 5) is 11.9. The van der Waals surface area contributed by atoms with Crippen LogP contribution in [0.4, 0.5) is 13.2 Å². The Hall–Kier alpha value is -1.76. The second-order valence-corrected chi connectivity index (χ2v) is 6.11. The number of carbonyl (C=O) groups excluding carboxylic acids is 1. The van der Waals surface area contributed by atoms with E-state index in [1.807, 2.05) is 6.92 Å². The standard InChI is InChI=1S/C16H20F3NO3/c1-15(10-21)8-4-7-13(15)20-14(22)9-23-12-6-3-2-5-11(12)16(17,18)19/h2-3,5-6,13,21H,4,7-10H2,1H3,(H,20,22). The monoisotopic (exact) mass is 331 g/mol. The van der Waals surface area contributed by atoms with Crippen LogP contribution in [-0.4, -0.2) is 30.3 Å². The normalized spacial score (nSPS) is 24.5. The van der Waals surface area contributed by atoms with Crippen molar-refractivity contribution in [1.82, 2.24) is 5.32 Å². The van der Waals surface area contributed by atoms with E-state index in [9.17, 15) is 23.1 Å². The molecule has 0 spiro atoms. The van der Waals surface area contributed by atoms with Crippen molar-refractivity contribution < 1.29 is 27.8 Å². The SMILES string of the molecule is CC1(CO)CCCC1NC(=O)COc1ccccc1C(F)(F)F. The zero-order valence-corrected chi connectivity index (χ0v) is 12.8. The van der Waals surface area contributed by atoms with Gasteiger partial charge in [0.2, 0.25) is 0 Å². The van der Waals surface area contributed by atoms with Gasteiger partial charge in [-0.05, 0) is 25.0 Å². The Morgan fingerprint density at radius 3 is 2.78 bits per heavy atom. The van der Waals surface area contributed by atoms with Crippen molar-refractivity contribution in [2.75, 3.05) is 13.2 Å². The van der Waals surface area contributed by atoms with E-state index in [0.717, 1.165) is 25.3 Å². The Bertz CT molecular complexity index is 562. The molecule has 0 saturated heterocycles. The molecular formula is C16H20F3NO3. The van der Waals surface area contributed by atoms with Gasteiger partial charge in [-0.2, -0.15) is 13.2 Å². The van der Waals surface area contributed by atoms with Gasteiger partial charge in [-0.3, -0.25) is 4.79 Å². The van der Waals surface area contributed by atoms with E-state index in [-0.39, 0.29) is 23.8 Å². The van der Waals surface area contributed by atoms with Crippen molar-refractivity contribution in [3.05, 3.63) is 29.8 Å². The molecule has 0 radical (unpaired) electrons. The third-order valence-electron chi connectivity index (χ3n) is 4.33. The summed E-state index contributed by atoms with van der Waals surface area (Å²) >= 11 is 0. The zero-order valence-electron chi connectivity index (χ0n) is 12.8. The van der Waals surface area contributed by atoms with Crippen LogP contribution in [0.5, 0.6) is 5.75 Å². The second-order valence-electron chi connectivity index (χ2n) is 6.11. The molecule has 2 rings (SSSR count). The lowest BCUT2D eigenvalue weighted by Crippen LogP contribution is -2.46.